The summed E-state index contributed by atoms with van der Waals surface area (Å²) in [6.45, 7) is 5.01. The highest BCUT2D eigenvalue weighted by molar-refractivity contribution is 14.0. The summed E-state index contributed by atoms with van der Waals surface area (Å²) in [6.07, 6.45) is 10.3. The van der Waals surface area contributed by atoms with Crippen molar-refractivity contribution in [3.05, 3.63) is 12.2 Å². The molecule has 1 aliphatic rings. The molecule has 0 aromatic carbocycles. The lowest BCUT2D eigenvalue weighted by atomic mass is 10.2. The van der Waals surface area contributed by atoms with Crippen LogP contribution in [0, 0.1) is 0 Å². The van der Waals surface area contributed by atoms with Gasteiger partial charge in [-0.05, 0) is 26.2 Å². The van der Waals surface area contributed by atoms with E-state index in [1.54, 1.807) is 0 Å². The molecule has 16 heavy (non-hydrogen) atoms. The van der Waals surface area contributed by atoms with Crippen molar-refractivity contribution >= 4 is 29.9 Å². The number of hydrogen-bond donors (Lipinski definition) is 1. The normalized spacial score (nSPS) is 18.3. The quantitative estimate of drug-likeness (QED) is 0.283. The van der Waals surface area contributed by atoms with E-state index in [1.165, 1.54) is 25.7 Å². The molecule has 0 aromatic heterocycles. The summed E-state index contributed by atoms with van der Waals surface area (Å²) < 4.78 is 0. The molecule has 0 radical (unpaired) electrons. The van der Waals surface area contributed by atoms with Gasteiger partial charge in [0.2, 0.25) is 0 Å². The van der Waals surface area contributed by atoms with Gasteiger partial charge in [0.05, 0.1) is 0 Å². The maximum atomic E-state index is 5.95. The molecular formula is C12H24IN3. The molecule has 0 atom stereocenters. The molecule has 0 aliphatic carbocycles. The van der Waals surface area contributed by atoms with Crippen LogP contribution in [0.15, 0.2) is 17.1 Å². The largest absolute Gasteiger partial charge is 0.370 e. The van der Waals surface area contributed by atoms with Crippen LogP contribution in [0.4, 0.5) is 0 Å². The van der Waals surface area contributed by atoms with Crippen molar-refractivity contribution in [2.45, 2.75) is 39.0 Å². The van der Waals surface area contributed by atoms with Gasteiger partial charge in [0.25, 0.3) is 0 Å². The monoisotopic (exact) mass is 337 g/mol. The molecule has 1 rings (SSSR count). The van der Waals surface area contributed by atoms with Crippen molar-refractivity contribution in [3.8, 4) is 0 Å². The topological polar surface area (TPSA) is 41.6 Å². The minimum atomic E-state index is 0. The Balaban J connectivity index is 0.00000225. The Bertz CT molecular complexity index is 218. The highest BCUT2D eigenvalue weighted by Crippen LogP contribution is 2.08. The average molecular weight is 337 g/mol. The molecule has 3 nitrogen and oxygen atoms in total. The van der Waals surface area contributed by atoms with E-state index in [1.807, 2.05) is 6.92 Å². The van der Waals surface area contributed by atoms with Crippen molar-refractivity contribution in [1.82, 2.24) is 4.90 Å². The first-order valence-electron chi connectivity index (χ1n) is 6.00. The number of nitrogens with zero attached hydrogens (tertiary/aromatic N) is 2. The molecule has 0 spiro atoms. The van der Waals surface area contributed by atoms with E-state index in [9.17, 15) is 0 Å². The summed E-state index contributed by atoms with van der Waals surface area (Å²) in [4.78, 5) is 6.62. The molecular weight excluding hydrogens is 313 g/mol. The number of halogens is 1. The van der Waals surface area contributed by atoms with Gasteiger partial charge in [0.15, 0.2) is 5.96 Å². The zero-order valence-corrected chi connectivity index (χ0v) is 12.5. The van der Waals surface area contributed by atoms with Crippen LogP contribution < -0.4 is 5.73 Å². The zero-order chi connectivity index (χ0) is 10.9. The van der Waals surface area contributed by atoms with Gasteiger partial charge in [0, 0.05) is 19.6 Å². The molecule has 1 saturated heterocycles. The number of guanidine groups is 1. The summed E-state index contributed by atoms with van der Waals surface area (Å²) in [5, 5.41) is 0. The Morgan fingerprint density at radius 2 is 1.88 bits per heavy atom. The number of aliphatic imine (C=N–C) groups is 1. The lowest BCUT2D eigenvalue weighted by Gasteiger charge is -2.20. The van der Waals surface area contributed by atoms with Gasteiger partial charge in [-0.25, -0.2) is 0 Å². The van der Waals surface area contributed by atoms with Gasteiger partial charge in [-0.15, -0.1) is 24.0 Å². The van der Waals surface area contributed by atoms with Crippen LogP contribution in [0.2, 0.25) is 0 Å². The average Bonchev–Trinajstić information content (AvgIpc) is 2.52. The predicted octanol–water partition coefficient (Wildman–Crippen LogP) is 2.76. The van der Waals surface area contributed by atoms with Crippen LogP contribution in [0.5, 0.6) is 0 Å². The third kappa shape index (κ3) is 6.35. The summed E-state index contributed by atoms with van der Waals surface area (Å²) in [7, 11) is 0. The second kappa shape index (κ2) is 9.93. The minimum Gasteiger partial charge on any atom is -0.370 e. The third-order valence-corrected chi connectivity index (χ3v) is 2.74. The molecule has 0 aromatic rings. The first kappa shape index (κ1) is 15.7. The molecule has 0 saturated carbocycles. The zero-order valence-electron chi connectivity index (χ0n) is 10.2. The van der Waals surface area contributed by atoms with Gasteiger partial charge in [-0.3, -0.25) is 4.99 Å². The van der Waals surface area contributed by atoms with E-state index < -0.39 is 0 Å². The van der Waals surface area contributed by atoms with Crippen LogP contribution in [0.1, 0.15) is 39.0 Å². The highest BCUT2D eigenvalue weighted by atomic mass is 127. The summed E-state index contributed by atoms with van der Waals surface area (Å²) >= 11 is 0. The molecule has 94 valence electrons. The molecule has 0 amide bonds. The summed E-state index contributed by atoms with van der Waals surface area (Å²) in [5.74, 6) is 0.737. The van der Waals surface area contributed by atoms with Crippen LogP contribution >= 0.6 is 24.0 Å². The standard InChI is InChI=1S/C12H23N3.HI/c1-2-3-6-9-14-12(13)15-10-7-4-5-8-11-15;/h2-3H,4-11H2,1H3,(H2,13,14);1H/b3-2+;. The second-order valence-electron chi connectivity index (χ2n) is 4.00. The first-order valence-corrected chi connectivity index (χ1v) is 6.00. The number of rotatable bonds is 3. The Labute approximate surface area is 116 Å². The molecule has 0 bridgehead atoms. The van der Waals surface area contributed by atoms with E-state index in [-0.39, 0.29) is 24.0 Å². The number of allylic oxidation sites excluding steroid dienone is 1. The van der Waals surface area contributed by atoms with Crippen LogP contribution in [-0.4, -0.2) is 30.5 Å². The van der Waals surface area contributed by atoms with Gasteiger partial charge in [-0.1, -0.05) is 25.0 Å². The van der Waals surface area contributed by atoms with Crippen molar-refractivity contribution < 1.29 is 0 Å². The summed E-state index contributed by atoms with van der Waals surface area (Å²) in [6, 6.07) is 0. The van der Waals surface area contributed by atoms with E-state index in [0.717, 1.165) is 32.0 Å². The van der Waals surface area contributed by atoms with E-state index in [0.29, 0.717) is 0 Å². The lowest BCUT2D eigenvalue weighted by Crippen LogP contribution is -2.38. The Hall–Kier alpha value is -0.260. The highest BCUT2D eigenvalue weighted by Gasteiger charge is 2.09. The van der Waals surface area contributed by atoms with Crippen LogP contribution in [0.25, 0.3) is 0 Å². The lowest BCUT2D eigenvalue weighted by molar-refractivity contribution is 0.428. The number of likely N-dealkylation sites (tertiary alicyclic amines) is 1. The molecule has 1 heterocycles. The van der Waals surface area contributed by atoms with Gasteiger partial charge < -0.3 is 10.6 Å². The van der Waals surface area contributed by atoms with Crippen molar-refractivity contribution in [1.29, 1.82) is 0 Å². The minimum absolute atomic E-state index is 0. The maximum Gasteiger partial charge on any atom is 0.191 e. The predicted molar refractivity (Wildman–Crippen MR) is 81.4 cm³/mol. The fourth-order valence-electron chi connectivity index (χ4n) is 1.82. The fraction of sp³-hybridized carbons (Fsp3) is 0.750. The molecule has 1 aliphatic heterocycles. The van der Waals surface area contributed by atoms with Crippen molar-refractivity contribution in [2.24, 2.45) is 10.7 Å². The van der Waals surface area contributed by atoms with Gasteiger partial charge in [-0.2, -0.15) is 0 Å². The van der Waals surface area contributed by atoms with Crippen LogP contribution in [-0.2, 0) is 0 Å². The van der Waals surface area contributed by atoms with Gasteiger partial charge in [0.1, 0.15) is 0 Å². The second-order valence-corrected chi connectivity index (χ2v) is 4.00. The van der Waals surface area contributed by atoms with E-state index >= 15 is 0 Å². The van der Waals surface area contributed by atoms with Crippen molar-refractivity contribution in [3.63, 3.8) is 0 Å². The summed E-state index contributed by atoms with van der Waals surface area (Å²) in [5.41, 5.74) is 5.95. The molecule has 0 unspecified atom stereocenters. The third-order valence-electron chi connectivity index (χ3n) is 2.74. The number of nitrogens with two attached hydrogens (primary N) is 1. The number of hydrogen-bond acceptors (Lipinski definition) is 1. The Morgan fingerprint density at radius 3 is 2.44 bits per heavy atom. The smallest absolute Gasteiger partial charge is 0.191 e. The fourth-order valence-corrected chi connectivity index (χ4v) is 1.82. The first-order chi connectivity index (χ1) is 7.34. The van der Waals surface area contributed by atoms with E-state index in [4.69, 9.17) is 5.73 Å². The molecule has 2 N–H and O–H groups in total. The van der Waals surface area contributed by atoms with Gasteiger partial charge >= 0.3 is 0 Å². The maximum absolute atomic E-state index is 5.95. The van der Waals surface area contributed by atoms with Crippen molar-refractivity contribution in [2.75, 3.05) is 19.6 Å². The SMILES string of the molecule is C/C=C/CCN=C(N)N1CCCCCC1.I. The Morgan fingerprint density at radius 1 is 1.25 bits per heavy atom. The van der Waals surface area contributed by atoms with E-state index in [2.05, 4.69) is 22.0 Å². The molecule has 4 heteroatoms. The van der Waals surface area contributed by atoms with Crippen LogP contribution in [0.3, 0.4) is 0 Å². The molecule has 1 fully saturated rings. The Kier molecular flexibility index (Phi) is 9.77.